The van der Waals surface area contributed by atoms with Crippen LogP contribution in [0.4, 0.5) is 0 Å². The molecule has 0 unspecified atom stereocenters. The Balaban J connectivity index is 2.33. The van der Waals surface area contributed by atoms with Crippen molar-refractivity contribution >= 4 is 16.9 Å². The van der Waals surface area contributed by atoms with E-state index in [0.717, 1.165) is 36.0 Å². The fourth-order valence-corrected chi connectivity index (χ4v) is 2.96. The number of aryl methyl sites for hydroxylation is 2. The zero-order chi connectivity index (χ0) is 12.0. The second-order valence-electron chi connectivity index (χ2n) is 4.70. The van der Waals surface area contributed by atoms with Gasteiger partial charge in [-0.1, -0.05) is 18.2 Å². The molecule has 0 amide bonds. The number of aromatic nitrogens is 1. The molecule has 17 heavy (non-hydrogen) atoms. The average molecular weight is 229 g/mol. The van der Waals surface area contributed by atoms with Crippen LogP contribution in [0.15, 0.2) is 18.2 Å². The van der Waals surface area contributed by atoms with Gasteiger partial charge < -0.3 is 9.67 Å². The van der Waals surface area contributed by atoms with Crippen LogP contribution in [-0.2, 0) is 24.2 Å². The summed E-state index contributed by atoms with van der Waals surface area (Å²) in [6.45, 7) is 3.05. The van der Waals surface area contributed by atoms with Gasteiger partial charge in [-0.2, -0.15) is 0 Å². The van der Waals surface area contributed by atoms with Gasteiger partial charge in [-0.05, 0) is 30.9 Å². The van der Waals surface area contributed by atoms with Crippen molar-refractivity contribution in [3.05, 3.63) is 35.0 Å². The molecule has 0 saturated heterocycles. The van der Waals surface area contributed by atoms with Gasteiger partial charge in [0.1, 0.15) is 0 Å². The highest BCUT2D eigenvalue weighted by atomic mass is 16.4. The minimum absolute atomic E-state index is 0.124. The maximum Gasteiger partial charge on any atom is 0.307 e. The van der Waals surface area contributed by atoms with Crippen molar-refractivity contribution in [1.82, 2.24) is 4.57 Å². The van der Waals surface area contributed by atoms with E-state index >= 15 is 0 Å². The summed E-state index contributed by atoms with van der Waals surface area (Å²) in [6, 6.07) is 6.24. The lowest BCUT2D eigenvalue weighted by molar-refractivity contribution is -0.136. The van der Waals surface area contributed by atoms with Crippen molar-refractivity contribution in [3.63, 3.8) is 0 Å². The largest absolute Gasteiger partial charge is 0.481 e. The average Bonchev–Trinajstić information content (AvgIpc) is 2.57. The monoisotopic (exact) mass is 229 g/mol. The number of carboxylic acids is 1. The van der Waals surface area contributed by atoms with Gasteiger partial charge in [-0.3, -0.25) is 4.79 Å². The molecule has 0 fully saturated rings. The first-order valence-electron chi connectivity index (χ1n) is 6.00. The minimum atomic E-state index is -0.753. The van der Waals surface area contributed by atoms with E-state index in [1.807, 2.05) is 19.1 Å². The van der Waals surface area contributed by atoms with Crippen molar-refractivity contribution in [1.29, 1.82) is 0 Å². The molecule has 1 aromatic carbocycles. The van der Waals surface area contributed by atoms with E-state index in [2.05, 4.69) is 10.6 Å². The van der Waals surface area contributed by atoms with Gasteiger partial charge in [0.05, 0.1) is 11.9 Å². The topological polar surface area (TPSA) is 42.2 Å². The van der Waals surface area contributed by atoms with Gasteiger partial charge >= 0.3 is 5.97 Å². The predicted octanol–water partition coefficient (Wildman–Crippen LogP) is 2.52. The van der Waals surface area contributed by atoms with Crippen LogP contribution in [0.25, 0.3) is 10.9 Å². The van der Waals surface area contributed by atoms with E-state index in [1.54, 1.807) is 0 Å². The Hall–Kier alpha value is -1.77. The molecule has 0 saturated carbocycles. The zero-order valence-electron chi connectivity index (χ0n) is 9.86. The summed E-state index contributed by atoms with van der Waals surface area (Å²) in [4.78, 5) is 11.0. The lowest BCUT2D eigenvalue weighted by atomic mass is 10.0. The highest BCUT2D eigenvalue weighted by Crippen LogP contribution is 2.32. The van der Waals surface area contributed by atoms with Gasteiger partial charge in [-0.15, -0.1) is 0 Å². The van der Waals surface area contributed by atoms with Crippen LogP contribution in [-0.4, -0.2) is 15.6 Å². The molecular weight excluding hydrogens is 214 g/mol. The Morgan fingerprint density at radius 2 is 2.29 bits per heavy atom. The number of nitrogens with zero attached hydrogens (tertiary/aromatic N) is 1. The summed E-state index contributed by atoms with van der Waals surface area (Å²) in [5.74, 6) is -0.753. The second kappa shape index (κ2) is 3.62. The molecule has 0 spiro atoms. The van der Waals surface area contributed by atoms with E-state index in [0.29, 0.717) is 0 Å². The van der Waals surface area contributed by atoms with E-state index in [-0.39, 0.29) is 6.42 Å². The van der Waals surface area contributed by atoms with Gasteiger partial charge in [0.25, 0.3) is 0 Å². The quantitative estimate of drug-likeness (QED) is 0.859. The number of carboxylic acid groups (broad SMARTS) is 1. The highest BCUT2D eigenvalue weighted by Gasteiger charge is 2.20. The first-order chi connectivity index (χ1) is 8.18. The molecule has 1 aromatic heterocycles. The molecule has 2 heterocycles. The normalized spacial score (nSPS) is 14.2. The third kappa shape index (κ3) is 1.46. The maximum atomic E-state index is 11.0. The summed E-state index contributed by atoms with van der Waals surface area (Å²) in [6.07, 6.45) is 2.38. The SMILES string of the molecule is Cc1c(CC(=O)O)c2cccc3c2n1CCC3. The molecule has 0 bridgehead atoms. The second-order valence-corrected chi connectivity index (χ2v) is 4.70. The highest BCUT2D eigenvalue weighted by molar-refractivity contribution is 5.91. The van der Waals surface area contributed by atoms with Gasteiger partial charge in [0, 0.05) is 17.6 Å². The predicted molar refractivity (Wildman–Crippen MR) is 66.3 cm³/mol. The number of hydrogen-bond acceptors (Lipinski definition) is 1. The number of hydrogen-bond donors (Lipinski definition) is 1. The van der Waals surface area contributed by atoms with Crippen molar-refractivity contribution in [2.45, 2.75) is 32.7 Å². The molecule has 0 radical (unpaired) electrons. The summed E-state index contributed by atoms with van der Waals surface area (Å²) < 4.78 is 2.28. The lowest BCUT2D eigenvalue weighted by Gasteiger charge is -2.16. The van der Waals surface area contributed by atoms with Gasteiger partial charge in [0.2, 0.25) is 0 Å². The molecule has 1 aliphatic rings. The number of para-hydroxylation sites is 1. The fourth-order valence-electron chi connectivity index (χ4n) is 2.96. The number of rotatable bonds is 2. The number of benzene rings is 1. The van der Waals surface area contributed by atoms with Gasteiger partial charge in [0.15, 0.2) is 0 Å². The van der Waals surface area contributed by atoms with E-state index in [9.17, 15) is 4.79 Å². The van der Waals surface area contributed by atoms with Crippen molar-refractivity contribution in [2.24, 2.45) is 0 Å². The van der Waals surface area contributed by atoms with Crippen LogP contribution >= 0.6 is 0 Å². The summed E-state index contributed by atoms with van der Waals surface area (Å²) in [5.41, 5.74) is 4.71. The molecule has 2 aromatic rings. The first-order valence-corrected chi connectivity index (χ1v) is 6.00. The Bertz CT molecular complexity index is 610. The number of carbonyl (C=O) groups is 1. The summed E-state index contributed by atoms with van der Waals surface area (Å²) in [7, 11) is 0. The molecule has 3 nitrogen and oxygen atoms in total. The molecule has 0 aliphatic carbocycles. The van der Waals surface area contributed by atoms with Crippen LogP contribution in [0.1, 0.15) is 23.2 Å². The zero-order valence-corrected chi connectivity index (χ0v) is 9.86. The lowest BCUT2D eigenvalue weighted by Crippen LogP contribution is -2.09. The Kier molecular flexibility index (Phi) is 2.21. The third-order valence-electron chi connectivity index (χ3n) is 3.71. The molecule has 3 rings (SSSR count). The Morgan fingerprint density at radius 3 is 3.06 bits per heavy atom. The van der Waals surface area contributed by atoms with Crippen LogP contribution in [0.3, 0.4) is 0 Å². The smallest absolute Gasteiger partial charge is 0.307 e. The number of aliphatic carboxylic acids is 1. The fraction of sp³-hybridized carbons (Fsp3) is 0.357. The van der Waals surface area contributed by atoms with Crippen LogP contribution < -0.4 is 0 Å². The van der Waals surface area contributed by atoms with E-state index in [4.69, 9.17) is 5.11 Å². The molecular formula is C14H15NO2. The van der Waals surface area contributed by atoms with Crippen molar-refractivity contribution in [2.75, 3.05) is 0 Å². The maximum absolute atomic E-state index is 11.0. The van der Waals surface area contributed by atoms with Crippen LogP contribution in [0, 0.1) is 6.92 Å². The minimum Gasteiger partial charge on any atom is -0.481 e. The molecule has 88 valence electrons. The van der Waals surface area contributed by atoms with Gasteiger partial charge in [-0.25, -0.2) is 0 Å². The van der Waals surface area contributed by atoms with Crippen LogP contribution in [0.2, 0.25) is 0 Å². The Morgan fingerprint density at radius 1 is 1.47 bits per heavy atom. The summed E-state index contributed by atoms with van der Waals surface area (Å²) in [5, 5.41) is 10.1. The van der Waals surface area contributed by atoms with Crippen molar-refractivity contribution < 1.29 is 9.90 Å². The third-order valence-corrected chi connectivity index (χ3v) is 3.71. The van der Waals surface area contributed by atoms with E-state index < -0.39 is 5.97 Å². The molecule has 0 atom stereocenters. The Labute approximate surface area is 99.7 Å². The first kappa shape index (κ1) is 10.4. The summed E-state index contributed by atoms with van der Waals surface area (Å²) >= 11 is 0. The molecule has 3 heteroatoms. The van der Waals surface area contributed by atoms with Crippen molar-refractivity contribution in [3.8, 4) is 0 Å². The standard InChI is InChI=1S/C14H15NO2/c1-9-12(8-13(16)17)11-6-2-4-10-5-3-7-15(9)14(10)11/h2,4,6H,3,5,7-8H2,1H3,(H,16,17). The molecule has 1 aliphatic heterocycles. The van der Waals surface area contributed by atoms with E-state index in [1.165, 1.54) is 11.1 Å². The van der Waals surface area contributed by atoms with Crippen LogP contribution in [0.5, 0.6) is 0 Å². The molecule has 1 N–H and O–H groups in total.